The Morgan fingerprint density at radius 1 is 0.352 bits per heavy atom. The van der Waals surface area contributed by atoms with Gasteiger partial charge in [-0.15, -0.1) is 0 Å². The van der Waals surface area contributed by atoms with E-state index in [9.17, 15) is 14.4 Å². The Hall–Kier alpha value is -2.11. The molecule has 0 N–H and O–H groups in total. The zero-order valence-electron chi connectivity index (χ0n) is 36.0. The highest BCUT2D eigenvalue weighted by molar-refractivity contribution is 5.71. The van der Waals surface area contributed by atoms with Crippen molar-refractivity contribution in [1.82, 2.24) is 0 Å². The Bertz CT molecular complexity index is 880. The zero-order chi connectivity index (χ0) is 39.4. The first-order valence-electron chi connectivity index (χ1n) is 23.3. The van der Waals surface area contributed by atoms with Gasteiger partial charge >= 0.3 is 17.9 Å². The van der Waals surface area contributed by atoms with Gasteiger partial charge in [-0.25, -0.2) is 0 Å². The molecule has 0 radical (unpaired) electrons. The first-order chi connectivity index (χ1) is 26.5. The van der Waals surface area contributed by atoms with Gasteiger partial charge in [0.1, 0.15) is 13.2 Å². The minimum absolute atomic E-state index is 0.0744. The number of unbranched alkanes of at least 4 members (excludes halogenated alkanes) is 27. The van der Waals surface area contributed by atoms with E-state index in [0.717, 1.165) is 77.0 Å². The highest BCUT2D eigenvalue weighted by atomic mass is 16.6. The van der Waals surface area contributed by atoms with Gasteiger partial charge in [-0.3, -0.25) is 14.4 Å². The molecule has 0 rings (SSSR count). The highest BCUT2D eigenvalue weighted by Crippen LogP contribution is 2.14. The number of esters is 3. The van der Waals surface area contributed by atoms with E-state index >= 15 is 0 Å². The van der Waals surface area contributed by atoms with Crippen LogP contribution in [-0.2, 0) is 28.6 Å². The molecule has 6 nitrogen and oxygen atoms in total. The summed E-state index contributed by atoms with van der Waals surface area (Å²) in [6.45, 7) is 6.57. The molecule has 0 saturated heterocycles. The molecule has 0 bridgehead atoms. The van der Waals surface area contributed by atoms with Crippen molar-refractivity contribution in [1.29, 1.82) is 0 Å². The molecule has 0 fully saturated rings. The second kappa shape index (κ2) is 43.6. The largest absolute Gasteiger partial charge is 0.462 e. The second-order valence-electron chi connectivity index (χ2n) is 15.7. The van der Waals surface area contributed by atoms with Crippen LogP contribution in [0.4, 0.5) is 0 Å². The summed E-state index contributed by atoms with van der Waals surface area (Å²) < 4.78 is 16.7. The molecule has 0 spiro atoms. The standard InChI is InChI=1S/C48H88O6/c1-4-7-10-13-16-19-22-23-24-27-29-32-35-38-41-47(50)53-44-45(54-48(51)42-39-36-33-30-26-21-18-15-12-9-6-3)43-52-46(49)40-37-34-31-28-25-20-17-14-11-8-5-2/h15,18,22-23,45H,4-14,16-17,19-21,24-44H2,1-3H3/b18-15-,23-22-/t45-/m1/s1. The van der Waals surface area contributed by atoms with Crippen LogP contribution in [-0.4, -0.2) is 37.2 Å². The van der Waals surface area contributed by atoms with Crippen LogP contribution >= 0.6 is 0 Å². The fraction of sp³-hybridized carbons (Fsp3) is 0.854. The molecule has 0 aromatic rings. The van der Waals surface area contributed by atoms with Crippen LogP contribution in [0.15, 0.2) is 24.3 Å². The minimum atomic E-state index is -0.772. The molecular weight excluding hydrogens is 673 g/mol. The SMILES string of the molecule is CCCC/C=C\CCCCCCCC(=O)O[C@@H](COC(=O)CCCCCCC/C=C\CCCCCCC)COC(=O)CCCCCCCCCCCCC. The molecule has 6 heteroatoms. The summed E-state index contributed by atoms with van der Waals surface area (Å²) >= 11 is 0. The number of hydrogen-bond donors (Lipinski definition) is 0. The molecule has 0 aromatic carbocycles. The Kier molecular flexibility index (Phi) is 41.9. The third-order valence-corrected chi connectivity index (χ3v) is 10.2. The van der Waals surface area contributed by atoms with Gasteiger partial charge in [-0.1, -0.05) is 186 Å². The van der Waals surface area contributed by atoms with Crippen LogP contribution in [0.1, 0.15) is 245 Å². The lowest BCUT2D eigenvalue weighted by Gasteiger charge is -2.18. The van der Waals surface area contributed by atoms with Gasteiger partial charge in [0.25, 0.3) is 0 Å². The van der Waals surface area contributed by atoms with Gasteiger partial charge in [0, 0.05) is 19.3 Å². The second-order valence-corrected chi connectivity index (χ2v) is 15.7. The van der Waals surface area contributed by atoms with Crippen molar-refractivity contribution < 1.29 is 28.6 Å². The molecule has 54 heavy (non-hydrogen) atoms. The van der Waals surface area contributed by atoms with Crippen molar-refractivity contribution in [3.05, 3.63) is 24.3 Å². The number of carbonyl (C=O) groups is 3. The summed E-state index contributed by atoms with van der Waals surface area (Å²) in [6, 6.07) is 0. The van der Waals surface area contributed by atoms with Crippen molar-refractivity contribution >= 4 is 17.9 Å². The summed E-state index contributed by atoms with van der Waals surface area (Å²) in [5.41, 5.74) is 0. The summed E-state index contributed by atoms with van der Waals surface area (Å²) in [6.07, 6.45) is 47.2. The third-order valence-electron chi connectivity index (χ3n) is 10.2. The summed E-state index contributed by atoms with van der Waals surface area (Å²) in [5.74, 6) is -0.889. The molecule has 0 unspecified atom stereocenters. The monoisotopic (exact) mass is 761 g/mol. The molecule has 0 aliphatic heterocycles. The summed E-state index contributed by atoms with van der Waals surface area (Å²) in [5, 5.41) is 0. The summed E-state index contributed by atoms with van der Waals surface area (Å²) in [4.78, 5) is 37.7. The van der Waals surface area contributed by atoms with Gasteiger partial charge in [0.2, 0.25) is 0 Å². The Labute approximate surface area is 334 Å². The van der Waals surface area contributed by atoms with E-state index in [-0.39, 0.29) is 31.1 Å². The molecule has 0 aromatic heterocycles. The van der Waals surface area contributed by atoms with E-state index in [1.54, 1.807) is 0 Å². The molecule has 316 valence electrons. The smallest absolute Gasteiger partial charge is 0.306 e. The quantitative estimate of drug-likeness (QED) is 0.0267. The van der Waals surface area contributed by atoms with Crippen molar-refractivity contribution in [2.24, 2.45) is 0 Å². The van der Waals surface area contributed by atoms with Crippen LogP contribution < -0.4 is 0 Å². The molecular formula is C48H88O6. The van der Waals surface area contributed by atoms with Gasteiger partial charge in [-0.2, -0.15) is 0 Å². The lowest BCUT2D eigenvalue weighted by atomic mass is 10.1. The van der Waals surface area contributed by atoms with Crippen LogP contribution in [0.2, 0.25) is 0 Å². The van der Waals surface area contributed by atoms with Gasteiger partial charge < -0.3 is 14.2 Å². The predicted octanol–water partition coefficient (Wildman–Crippen LogP) is 14.8. The maximum absolute atomic E-state index is 12.7. The number of allylic oxidation sites excluding steroid dienone is 4. The summed E-state index contributed by atoms with van der Waals surface area (Å²) in [7, 11) is 0. The van der Waals surface area contributed by atoms with Crippen molar-refractivity contribution in [2.75, 3.05) is 13.2 Å². The van der Waals surface area contributed by atoms with E-state index in [2.05, 4.69) is 45.1 Å². The predicted molar refractivity (Wildman–Crippen MR) is 229 cm³/mol. The van der Waals surface area contributed by atoms with E-state index in [0.29, 0.717) is 19.3 Å². The fourth-order valence-electron chi connectivity index (χ4n) is 6.59. The topological polar surface area (TPSA) is 78.9 Å². The van der Waals surface area contributed by atoms with Crippen molar-refractivity contribution in [3.8, 4) is 0 Å². The molecule has 0 amide bonds. The van der Waals surface area contributed by atoms with Crippen molar-refractivity contribution in [3.63, 3.8) is 0 Å². The number of hydrogen-bond acceptors (Lipinski definition) is 6. The highest BCUT2D eigenvalue weighted by Gasteiger charge is 2.19. The van der Waals surface area contributed by atoms with E-state index in [1.165, 1.54) is 128 Å². The Morgan fingerprint density at radius 3 is 0.981 bits per heavy atom. The van der Waals surface area contributed by atoms with Crippen LogP contribution in [0.5, 0.6) is 0 Å². The zero-order valence-corrected chi connectivity index (χ0v) is 36.0. The average molecular weight is 761 g/mol. The van der Waals surface area contributed by atoms with Gasteiger partial charge in [0.05, 0.1) is 0 Å². The van der Waals surface area contributed by atoms with E-state index in [4.69, 9.17) is 14.2 Å². The lowest BCUT2D eigenvalue weighted by molar-refractivity contribution is -0.167. The number of carbonyl (C=O) groups excluding carboxylic acids is 3. The van der Waals surface area contributed by atoms with E-state index < -0.39 is 6.10 Å². The third kappa shape index (κ3) is 41.1. The Morgan fingerprint density at radius 2 is 0.630 bits per heavy atom. The van der Waals surface area contributed by atoms with Crippen LogP contribution in [0.25, 0.3) is 0 Å². The molecule has 0 saturated carbocycles. The van der Waals surface area contributed by atoms with Crippen LogP contribution in [0, 0.1) is 0 Å². The normalized spacial score (nSPS) is 12.1. The van der Waals surface area contributed by atoms with Gasteiger partial charge in [0.15, 0.2) is 6.10 Å². The lowest BCUT2D eigenvalue weighted by Crippen LogP contribution is -2.30. The maximum atomic E-state index is 12.7. The first-order valence-corrected chi connectivity index (χ1v) is 23.3. The first kappa shape index (κ1) is 51.9. The van der Waals surface area contributed by atoms with Crippen LogP contribution in [0.3, 0.4) is 0 Å². The molecule has 0 aliphatic carbocycles. The van der Waals surface area contributed by atoms with Gasteiger partial charge in [-0.05, 0) is 64.2 Å². The Balaban J connectivity index is 4.36. The average Bonchev–Trinajstić information content (AvgIpc) is 3.17. The molecule has 0 aliphatic rings. The number of rotatable bonds is 42. The van der Waals surface area contributed by atoms with E-state index in [1.807, 2.05) is 0 Å². The fourth-order valence-corrected chi connectivity index (χ4v) is 6.59. The molecule has 1 atom stereocenters. The maximum Gasteiger partial charge on any atom is 0.306 e. The van der Waals surface area contributed by atoms with Crippen molar-refractivity contribution in [2.45, 2.75) is 252 Å². The molecule has 0 heterocycles. The number of ether oxygens (including phenoxy) is 3. The minimum Gasteiger partial charge on any atom is -0.462 e.